The Balaban J connectivity index is 1.51. The second-order valence-electron chi connectivity index (χ2n) is 10.4. The molecule has 1 aliphatic carbocycles. The first kappa shape index (κ1) is 26.4. The number of rotatable bonds is 5. The van der Waals surface area contributed by atoms with Gasteiger partial charge in [-0.15, -0.1) is 0 Å². The van der Waals surface area contributed by atoms with Crippen molar-refractivity contribution in [3.05, 3.63) is 65.1 Å². The highest BCUT2D eigenvalue weighted by molar-refractivity contribution is 5.90. The molecule has 1 saturated carbocycles. The third-order valence-electron chi connectivity index (χ3n) is 8.05. The molecule has 11 heteroatoms. The van der Waals surface area contributed by atoms with Crippen LogP contribution in [0.4, 0.5) is 23.7 Å². The summed E-state index contributed by atoms with van der Waals surface area (Å²) in [7, 11) is 1.71. The lowest BCUT2D eigenvalue weighted by molar-refractivity contribution is 0.0582. The molecule has 2 fully saturated rings. The molecule has 8 nitrogen and oxygen atoms in total. The number of carbonyl (C=O) groups excluding carboxylic acids is 1. The number of hydrogen-bond donors (Lipinski definition) is 0. The van der Waals surface area contributed by atoms with Crippen LogP contribution in [0.5, 0.6) is 0 Å². The average molecular weight is 555 g/mol. The van der Waals surface area contributed by atoms with Gasteiger partial charge in [0.05, 0.1) is 35.1 Å². The van der Waals surface area contributed by atoms with Gasteiger partial charge in [0.25, 0.3) is 0 Å². The van der Waals surface area contributed by atoms with E-state index in [-0.39, 0.29) is 24.4 Å². The van der Waals surface area contributed by atoms with E-state index >= 15 is 0 Å². The third-order valence-corrected chi connectivity index (χ3v) is 8.05. The summed E-state index contributed by atoms with van der Waals surface area (Å²) in [5.41, 5.74) is 3.99. The van der Waals surface area contributed by atoms with Crippen molar-refractivity contribution in [2.24, 2.45) is 0 Å². The first-order valence-electron chi connectivity index (χ1n) is 13.3. The summed E-state index contributed by atoms with van der Waals surface area (Å²) in [6.45, 7) is 3.83. The first-order valence-corrected chi connectivity index (χ1v) is 13.3. The van der Waals surface area contributed by atoms with Crippen molar-refractivity contribution in [1.29, 1.82) is 0 Å². The maximum absolute atomic E-state index is 14.3. The van der Waals surface area contributed by atoms with Crippen LogP contribution in [0.3, 0.4) is 0 Å². The van der Waals surface area contributed by atoms with E-state index < -0.39 is 29.6 Å². The zero-order valence-corrected chi connectivity index (χ0v) is 22.4. The van der Waals surface area contributed by atoms with Gasteiger partial charge < -0.3 is 18.6 Å². The molecule has 1 aliphatic heterocycles. The van der Waals surface area contributed by atoms with E-state index in [1.165, 1.54) is 4.90 Å². The van der Waals surface area contributed by atoms with Gasteiger partial charge in [-0.1, -0.05) is 11.2 Å². The average Bonchev–Trinajstić information content (AvgIpc) is 3.49. The number of anilines is 1. The van der Waals surface area contributed by atoms with E-state index in [1.807, 2.05) is 32.0 Å². The Morgan fingerprint density at radius 2 is 1.73 bits per heavy atom. The minimum atomic E-state index is -1.60. The summed E-state index contributed by atoms with van der Waals surface area (Å²) < 4.78 is 60.7. The fourth-order valence-corrected chi connectivity index (χ4v) is 6.12. The third kappa shape index (κ3) is 4.42. The van der Waals surface area contributed by atoms with Gasteiger partial charge in [0.1, 0.15) is 17.6 Å². The van der Waals surface area contributed by atoms with Crippen LogP contribution in [0.1, 0.15) is 61.5 Å². The van der Waals surface area contributed by atoms with Gasteiger partial charge >= 0.3 is 6.09 Å². The number of nitrogens with zero attached hydrogens (tertiary/aromatic N) is 4. The van der Waals surface area contributed by atoms with Crippen LogP contribution < -0.4 is 4.90 Å². The molecule has 2 aromatic carbocycles. The Kier molecular flexibility index (Phi) is 6.77. The molecular formula is C29H29F3N4O4. The van der Waals surface area contributed by atoms with Crippen LogP contribution in [0.25, 0.3) is 22.2 Å². The maximum Gasteiger partial charge on any atom is 0.414 e. The van der Waals surface area contributed by atoms with Gasteiger partial charge in [0.2, 0.25) is 0 Å². The smallest absolute Gasteiger partial charge is 0.414 e. The molecule has 2 aliphatic rings. The maximum atomic E-state index is 14.3. The molecule has 2 aromatic heterocycles. The highest BCUT2D eigenvalue weighted by atomic mass is 19.2. The van der Waals surface area contributed by atoms with Crippen LogP contribution in [0.15, 0.2) is 34.9 Å². The number of fused-ring (bicyclic) bond motifs is 1. The van der Waals surface area contributed by atoms with Gasteiger partial charge in [-0.2, -0.15) is 0 Å². The summed E-state index contributed by atoms with van der Waals surface area (Å²) >= 11 is 0. The van der Waals surface area contributed by atoms with Gasteiger partial charge in [0.15, 0.2) is 17.5 Å². The van der Waals surface area contributed by atoms with Gasteiger partial charge in [-0.05, 0) is 57.2 Å². The summed E-state index contributed by atoms with van der Waals surface area (Å²) in [6, 6.07) is 6.95. The molecule has 6 rings (SSSR count). The lowest BCUT2D eigenvalue weighted by Crippen LogP contribution is -2.42. The van der Waals surface area contributed by atoms with Gasteiger partial charge in [-0.3, -0.25) is 4.90 Å². The Morgan fingerprint density at radius 1 is 1.00 bits per heavy atom. The van der Waals surface area contributed by atoms with Crippen LogP contribution in [-0.4, -0.2) is 40.6 Å². The predicted molar refractivity (Wildman–Crippen MR) is 141 cm³/mol. The van der Waals surface area contributed by atoms with Crippen LogP contribution in [0.2, 0.25) is 0 Å². The highest BCUT2D eigenvalue weighted by Crippen LogP contribution is 2.41. The normalized spacial score (nSPS) is 21.7. The van der Waals surface area contributed by atoms with Crippen molar-refractivity contribution in [2.75, 3.05) is 18.6 Å². The zero-order chi connectivity index (χ0) is 28.1. The molecule has 0 spiro atoms. The molecule has 4 aromatic rings. The molecule has 3 heterocycles. The second kappa shape index (κ2) is 10.3. The van der Waals surface area contributed by atoms with E-state index in [9.17, 15) is 18.0 Å². The number of aromatic nitrogens is 3. The lowest BCUT2D eigenvalue weighted by Gasteiger charge is -2.37. The molecule has 0 bridgehead atoms. The summed E-state index contributed by atoms with van der Waals surface area (Å²) in [5, 5.41) is 4.07. The molecule has 1 saturated heterocycles. The second-order valence-corrected chi connectivity index (χ2v) is 10.4. The quantitative estimate of drug-likeness (QED) is 0.249. The van der Waals surface area contributed by atoms with Crippen molar-refractivity contribution in [3.8, 4) is 11.1 Å². The van der Waals surface area contributed by atoms with Gasteiger partial charge in [0, 0.05) is 37.3 Å². The Hall–Kier alpha value is -3.86. The highest BCUT2D eigenvalue weighted by Gasteiger charge is 2.38. The SMILES string of the molecule is COC1CCC(n2c(C3CCOC(=O)N3c3cc(F)c(F)c(F)c3)nc3cc(-c4c(C)noc4C)ccc32)CC1. The summed E-state index contributed by atoms with van der Waals surface area (Å²) in [6.07, 6.45) is 3.12. The van der Waals surface area contributed by atoms with E-state index in [1.54, 1.807) is 7.11 Å². The van der Waals surface area contributed by atoms with Crippen LogP contribution >= 0.6 is 0 Å². The number of ether oxygens (including phenoxy) is 2. The predicted octanol–water partition coefficient (Wildman–Crippen LogP) is 6.94. The minimum Gasteiger partial charge on any atom is -0.449 e. The van der Waals surface area contributed by atoms with Crippen molar-refractivity contribution in [1.82, 2.24) is 14.7 Å². The fourth-order valence-electron chi connectivity index (χ4n) is 6.12. The minimum absolute atomic E-state index is 0.0674. The number of benzene rings is 2. The fraction of sp³-hybridized carbons (Fsp3) is 0.414. The van der Waals surface area contributed by atoms with Crippen LogP contribution in [0, 0.1) is 31.3 Å². The monoisotopic (exact) mass is 554 g/mol. The molecule has 210 valence electrons. The number of halogens is 3. The summed E-state index contributed by atoms with van der Waals surface area (Å²) in [4.78, 5) is 19.2. The molecule has 1 atom stereocenters. The molecule has 0 radical (unpaired) electrons. The van der Waals surface area contributed by atoms with E-state index in [0.29, 0.717) is 23.5 Å². The molecular weight excluding hydrogens is 525 g/mol. The number of cyclic esters (lactones) is 1. The van der Waals surface area contributed by atoms with Gasteiger partial charge in [-0.25, -0.2) is 22.9 Å². The largest absolute Gasteiger partial charge is 0.449 e. The number of imidazole rings is 1. The number of carbonyl (C=O) groups is 1. The topological polar surface area (TPSA) is 82.6 Å². The van der Waals surface area contributed by atoms with E-state index in [0.717, 1.165) is 60.2 Å². The number of methoxy groups -OCH3 is 1. The Morgan fingerprint density at radius 3 is 2.38 bits per heavy atom. The van der Waals surface area contributed by atoms with Crippen molar-refractivity contribution in [3.63, 3.8) is 0 Å². The number of amides is 1. The van der Waals surface area contributed by atoms with Crippen molar-refractivity contribution < 1.29 is 32.0 Å². The summed E-state index contributed by atoms with van der Waals surface area (Å²) in [5.74, 6) is -3.10. The van der Waals surface area contributed by atoms with E-state index in [4.69, 9.17) is 19.0 Å². The first-order chi connectivity index (χ1) is 19.3. The molecule has 0 N–H and O–H groups in total. The molecule has 40 heavy (non-hydrogen) atoms. The lowest BCUT2D eigenvalue weighted by atomic mass is 9.92. The van der Waals surface area contributed by atoms with Crippen LogP contribution in [-0.2, 0) is 9.47 Å². The van der Waals surface area contributed by atoms with E-state index in [2.05, 4.69) is 9.72 Å². The molecule has 1 amide bonds. The van der Waals surface area contributed by atoms with Crippen molar-refractivity contribution >= 4 is 22.8 Å². The molecule has 1 unspecified atom stereocenters. The van der Waals surface area contributed by atoms with Crippen molar-refractivity contribution in [2.45, 2.75) is 64.1 Å². The number of hydrogen-bond acceptors (Lipinski definition) is 6. The number of aryl methyl sites for hydroxylation is 2. The standard InChI is InChI=1S/C29H29F3N4O4/c1-15-26(16(2)40-34-15)17-4-9-24-23(12-17)33-28(35(24)18-5-7-20(38-3)8-6-18)25-10-11-39-29(37)36(25)19-13-21(30)27(32)22(31)14-19/h4,9,12-14,18,20,25H,5-8,10-11H2,1-3H3. The Bertz CT molecular complexity index is 1550. The Labute approximate surface area is 228 Å². The zero-order valence-electron chi connectivity index (χ0n) is 22.4.